The number of carbonyl (C=O) groups excluding carboxylic acids is 1. The van der Waals surface area contributed by atoms with Crippen molar-refractivity contribution in [3.63, 3.8) is 0 Å². The van der Waals surface area contributed by atoms with Gasteiger partial charge in [-0.15, -0.1) is 0 Å². The molecule has 2 N–H and O–H groups in total. The first kappa shape index (κ1) is 27.2. The maximum atomic E-state index is 13.4. The minimum absolute atomic E-state index is 0.0639. The molecule has 0 atom stereocenters. The van der Waals surface area contributed by atoms with Crippen molar-refractivity contribution in [2.24, 2.45) is 5.10 Å². The fraction of sp³-hybridized carbons (Fsp3) is 0.346. The molecule has 0 aliphatic carbocycles. The van der Waals surface area contributed by atoms with E-state index in [-0.39, 0.29) is 5.91 Å². The number of nitrogens with zero attached hydrogens (tertiary/aromatic N) is 5. The fourth-order valence-electron chi connectivity index (χ4n) is 3.48. The van der Waals surface area contributed by atoms with E-state index in [1.165, 1.54) is 6.21 Å². The van der Waals surface area contributed by atoms with Crippen LogP contribution in [0.1, 0.15) is 41.8 Å². The van der Waals surface area contributed by atoms with Gasteiger partial charge in [-0.1, -0.05) is 50.8 Å². The topological polar surface area (TPSA) is 107 Å². The summed E-state index contributed by atoms with van der Waals surface area (Å²) < 4.78 is 5.66. The number of hydrogen-bond donors (Lipinski definition) is 2. The highest BCUT2D eigenvalue weighted by atomic mass is 16.5. The van der Waals surface area contributed by atoms with Crippen LogP contribution in [-0.2, 0) is 0 Å². The van der Waals surface area contributed by atoms with E-state index >= 15 is 0 Å². The maximum Gasteiger partial charge on any atom is 0.256 e. The second-order valence-corrected chi connectivity index (χ2v) is 7.47. The molecule has 0 bridgehead atoms. The average molecular weight is 478 g/mol. The molecule has 9 heteroatoms. The molecule has 0 spiro atoms. The number of hydrazone groups is 1. The molecule has 1 aliphatic rings. The van der Waals surface area contributed by atoms with E-state index in [1.54, 1.807) is 18.3 Å². The van der Waals surface area contributed by atoms with Crippen molar-refractivity contribution >= 4 is 36.0 Å². The lowest BCUT2D eigenvalue weighted by Crippen LogP contribution is -2.36. The standard InChI is InChI=1S/C24H29N7O2.C2H6/c1-4-15-33-22-19(5-2)17-26-24(28-22)31-12-6-11-30(13-14-31)23(32)20-16-18(3)7-8-21(20)29-27-10-9-25;1-2/h4-5,7-10,16-17,25,29H,1-2,6,11-15H2,3H3;1-2H3/b25-9?,27-10-;. The first-order chi connectivity index (χ1) is 17.1. The molecular weight excluding hydrogens is 442 g/mol. The van der Waals surface area contributed by atoms with Crippen molar-refractivity contribution in [1.82, 2.24) is 14.9 Å². The Bertz CT molecular complexity index is 1050. The number of aromatic nitrogens is 2. The highest BCUT2D eigenvalue weighted by molar-refractivity contribution is 6.14. The molecule has 3 rings (SSSR count). The van der Waals surface area contributed by atoms with Gasteiger partial charge in [-0.05, 0) is 25.5 Å². The number of amides is 1. The summed E-state index contributed by atoms with van der Waals surface area (Å²) in [6.45, 7) is 16.2. The average Bonchev–Trinajstić information content (AvgIpc) is 3.15. The van der Waals surface area contributed by atoms with Gasteiger partial charge in [0.1, 0.15) is 6.61 Å². The number of rotatable bonds is 9. The van der Waals surface area contributed by atoms with Gasteiger partial charge in [0.15, 0.2) is 0 Å². The number of hydrogen-bond acceptors (Lipinski definition) is 8. The lowest BCUT2D eigenvalue weighted by molar-refractivity contribution is 0.0768. The van der Waals surface area contributed by atoms with Crippen LogP contribution in [0.15, 0.2) is 48.7 Å². The Morgan fingerprint density at radius 2 is 2.06 bits per heavy atom. The molecule has 1 amide bonds. The lowest BCUT2D eigenvalue weighted by Gasteiger charge is -2.23. The summed E-state index contributed by atoms with van der Waals surface area (Å²) in [7, 11) is 0. The van der Waals surface area contributed by atoms with Gasteiger partial charge >= 0.3 is 0 Å². The smallest absolute Gasteiger partial charge is 0.256 e. The number of nitrogens with one attached hydrogen (secondary N) is 2. The Labute approximate surface area is 207 Å². The summed E-state index contributed by atoms with van der Waals surface area (Å²) in [4.78, 5) is 26.3. The van der Waals surface area contributed by atoms with Crippen LogP contribution < -0.4 is 15.1 Å². The molecule has 2 heterocycles. The molecule has 0 saturated carbocycles. The quantitative estimate of drug-likeness (QED) is 0.315. The van der Waals surface area contributed by atoms with Gasteiger partial charge in [0.2, 0.25) is 11.8 Å². The molecule has 35 heavy (non-hydrogen) atoms. The molecule has 1 fully saturated rings. The van der Waals surface area contributed by atoms with Crippen molar-refractivity contribution < 1.29 is 9.53 Å². The summed E-state index contributed by atoms with van der Waals surface area (Å²) in [5, 5.41) is 11.0. The Morgan fingerprint density at radius 1 is 1.26 bits per heavy atom. The van der Waals surface area contributed by atoms with E-state index in [0.717, 1.165) is 30.3 Å². The molecular formula is C26H35N7O2. The van der Waals surface area contributed by atoms with Gasteiger partial charge in [-0.25, -0.2) is 4.98 Å². The Kier molecular flexibility index (Phi) is 11.1. The highest BCUT2D eigenvalue weighted by Gasteiger charge is 2.24. The molecule has 186 valence electrons. The number of anilines is 2. The number of carbonyl (C=O) groups is 1. The van der Waals surface area contributed by atoms with Crippen molar-refractivity contribution in [3.05, 3.63) is 60.3 Å². The zero-order valence-corrected chi connectivity index (χ0v) is 20.8. The number of ether oxygens (including phenoxy) is 1. The predicted octanol–water partition coefficient (Wildman–Crippen LogP) is 4.42. The number of benzene rings is 1. The van der Waals surface area contributed by atoms with Crippen LogP contribution in [-0.4, -0.2) is 66.0 Å². The van der Waals surface area contributed by atoms with E-state index in [0.29, 0.717) is 49.3 Å². The summed E-state index contributed by atoms with van der Waals surface area (Å²) in [6.07, 6.45) is 8.19. The van der Waals surface area contributed by atoms with E-state index in [4.69, 9.17) is 10.1 Å². The first-order valence-electron chi connectivity index (χ1n) is 11.7. The van der Waals surface area contributed by atoms with Crippen molar-refractivity contribution in [3.8, 4) is 5.88 Å². The van der Waals surface area contributed by atoms with E-state index in [2.05, 4.69) is 38.6 Å². The molecule has 0 radical (unpaired) electrons. The minimum Gasteiger partial charge on any atom is -0.473 e. The molecule has 0 unspecified atom stereocenters. The van der Waals surface area contributed by atoms with Crippen LogP contribution in [0.3, 0.4) is 0 Å². The summed E-state index contributed by atoms with van der Waals surface area (Å²) in [6, 6.07) is 5.60. The molecule has 1 saturated heterocycles. The Balaban J connectivity index is 0.00000210. The van der Waals surface area contributed by atoms with Crippen LogP contribution in [0.25, 0.3) is 6.08 Å². The molecule has 1 aliphatic heterocycles. The number of aryl methyl sites for hydroxylation is 1. The summed E-state index contributed by atoms with van der Waals surface area (Å²) in [5.74, 6) is 0.965. The predicted molar refractivity (Wildman–Crippen MR) is 144 cm³/mol. The maximum absolute atomic E-state index is 13.4. The summed E-state index contributed by atoms with van der Waals surface area (Å²) in [5.41, 5.74) is 5.72. The summed E-state index contributed by atoms with van der Waals surface area (Å²) >= 11 is 0. The van der Waals surface area contributed by atoms with Gasteiger partial charge in [0, 0.05) is 38.6 Å². The van der Waals surface area contributed by atoms with Gasteiger partial charge in [0.05, 0.1) is 23.0 Å². The van der Waals surface area contributed by atoms with Gasteiger partial charge in [-0.3, -0.25) is 10.2 Å². The second-order valence-electron chi connectivity index (χ2n) is 7.47. The van der Waals surface area contributed by atoms with E-state index < -0.39 is 0 Å². The van der Waals surface area contributed by atoms with Crippen molar-refractivity contribution in [2.45, 2.75) is 27.2 Å². The SMILES string of the molecule is C=CCOc1nc(N2CCCN(C(=O)c3cc(C)ccc3N/N=C\C=N)CC2)ncc1C=C.CC. The third kappa shape index (κ3) is 7.49. The first-order valence-corrected chi connectivity index (χ1v) is 11.7. The van der Waals surface area contributed by atoms with Gasteiger partial charge < -0.3 is 19.9 Å². The monoisotopic (exact) mass is 477 g/mol. The van der Waals surface area contributed by atoms with Gasteiger partial charge in [-0.2, -0.15) is 10.1 Å². The minimum atomic E-state index is -0.0639. The van der Waals surface area contributed by atoms with Crippen LogP contribution in [0.2, 0.25) is 0 Å². The van der Waals surface area contributed by atoms with Crippen molar-refractivity contribution in [1.29, 1.82) is 5.41 Å². The van der Waals surface area contributed by atoms with Crippen molar-refractivity contribution in [2.75, 3.05) is 43.1 Å². The zero-order valence-electron chi connectivity index (χ0n) is 20.8. The fourth-order valence-corrected chi connectivity index (χ4v) is 3.48. The second kappa shape index (κ2) is 14.3. The van der Waals surface area contributed by atoms with E-state index in [1.807, 2.05) is 43.9 Å². The van der Waals surface area contributed by atoms with Crippen LogP contribution in [0.4, 0.5) is 11.6 Å². The third-order valence-electron chi connectivity index (χ3n) is 5.13. The Hall–Kier alpha value is -4.01. The van der Waals surface area contributed by atoms with E-state index in [9.17, 15) is 4.79 Å². The lowest BCUT2D eigenvalue weighted by atomic mass is 10.1. The Morgan fingerprint density at radius 3 is 2.77 bits per heavy atom. The molecule has 2 aromatic rings. The normalized spacial score (nSPS) is 13.3. The molecule has 1 aromatic carbocycles. The van der Waals surface area contributed by atoms with Crippen LogP contribution in [0.5, 0.6) is 5.88 Å². The highest BCUT2D eigenvalue weighted by Crippen LogP contribution is 2.23. The van der Waals surface area contributed by atoms with Crippen LogP contribution >= 0.6 is 0 Å². The molecule has 1 aromatic heterocycles. The third-order valence-corrected chi connectivity index (χ3v) is 5.13. The van der Waals surface area contributed by atoms with Gasteiger partial charge in [0.25, 0.3) is 5.91 Å². The largest absolute Gasteiger partial charge is 0.473 e. The molecule has 9 nitrogen and oxygen atoms in total. The zero-order chi connectivity index (χ0) is 25.6. The van der Waals surface area contributed by atoms with Crippen LogP contribution in [0, 0.1) is 12.3 Å².